The number of aromatic nitrogens is 2. The lowest BCUT2D eigenvalue weighted by Gasteiger charge is -2.09. The Bertz CT molecular complexity index is 795. The van der Waals surface area contributed by atoms with Crippen molar-refractivity contribution in [3.63, 3.8) is 0 Å². The Balaban J connectivity index is 2.06. The molecule has 1 aromatic heterocycles. The van der Waals surface area contributed by atoms with Gasteiger partial charge in [0.1, 0.15) is 5.75 Å². The molecule has 26 heavy (non-hydrogen) atoms. The maximum atomic E-state index is 7.33. The molecule has 0 radical (unpaired) electrons. The van der Waals surface area contributed by atoms with Crippen LogP contribution in [0.4, 0.5) is 0 Å². The lowest BCUT2D eigenvalue weighted by molar-refractivity contribution is 0.413. The van der Waals surface area contributed by atoms with Crippen LogP contribution < -0.4 is 4.74 Å². The predicted octanol–water partition coefficient (Wildman–Crippen LogP) is 3.68. The third kappa shape index (κ3) is 5.51. The zero-order valence-electron chi connectivity index (χ0n) is 15.6. The summed E-state index contributed by atoms with van der Waals surface area (Å²) in [6.45, 7) is 1.78. The number of unbranched alkanes of at least 4 members (excludes halogenated alkanes) is 1. The highest BCUT2D eigenvalue weighted by atomic mass is 16.5. The summed E-state index contributed by atoms with van der Waals surface area (Å²) in [5, 5.41) is 17.2. The molecule has 1 N–H and O–H groups in total. The summed E-state index contributed by atoms with van der Waals surface area (Å²) in [5.41, 5.74) is 9.01. The van der Waals surface area contributed by atoms with Crippen LogP contribution >= 0.6 is 0 Å². The Morgan fingerprint density at radius 2 is 2.15 bits per heavy atom. The number of hydrogen-bond acceptors (Lipinski definition) is 7. The van der Waals surface area contributed by atoms with Crippen molar-refractivity contribution in [1.82, 2.24) is 15.2 Å². The molecule has 0 saturated heterocycles. The number of aryl methyl sites for hydroxylation is 2. The number of hydrazone groups is 1. The van der Waals surface area contributed by atoms with E-state index in [9.17, 15) is 0 Å². The van der Waals surface area contributed by atoms with E-state index in [0.717, 1.165) is 36.1 Å². The zero-order valence-corrected chi connectivity index (χ0v) is 15.6. The number of rotatable bonds is 8. The molecule has 2 rings (SSSR count). The number of hydrogen-bond donors (Lipinski definition) is 1. The largest absolute Gasteiger partial charge is 0.496 e. The first-order chi connectivity index (χ1) is 12.5. The van der Waals surface area contributed by atoms with Crippen molar-refractivity contribution in [1.29, 1.82) is 5.53 Å². The Morgan fingerprint density at radius 1 is 1.35 bits per heavy atom. The second kappa shape index (κ2) is 9.45. The molecule has 8 nitrogen and oxygen atoms in total. The van der Waals surface area contributed by atoms with Gasteiger partial charge in [0.25, 0.3) is 0 Å². The lowest BCUT2D eigenvalue weighted by atomic mass is 10.1. The normalized spacial score (nSPS) is 11.8. The van der Waals surface area contributed by atoms with Crippen LogP contribution in [0.5, 0.6) is 5.75 Å². The quantitative estimate of drug-likeness (QED) is 0.256. The minimum absolute atomic E-state index is 0.346. The van der Waals surface area contributed by atoms with E-state index in [1.165, 1.54) is 0 Å². The van der Waals surface area contributed by atoms with Crippen LogP contribution in [0.15, 0.2) is 38.9 Å². The number of nitrogens with zero attached hydrogens (tertiary/aromatic N) is 5. The highest BCUT2D eigenvalue weighted by Crippen LogP contribution is 2.22. The van der Waals surface area contributed by atoms with Gasteiger partial charge in [0, 0.05) is 38.6 Å². The molecule has 138 valence electrons. The fourth-order valence-corrected chi connectivity index (χ4v) is 2.36. The summed E-state index contributed by atoms with van der Waals surface area (Å²) in [6.07, 6.45) is 6.61. The monoisotopic (exact) mass is 356 g/mol. The summed E-state index contributed by atoms with van der Waals surface area (Å²) in [4.78, 5) is 0. The van der Waals surface area contributed by atoms with Gasteiger partial charge in [0.15, 0.2) is 5.84 Å². The van der Waals surface area contributed by atoms with E-state index in [1.54, 1.807) is 33.1 Å². The molecule has 0 aliphatic rings. The number of ether oxygens (including phenoxy) is 1. The molecule has 0 fully saturated rings. The maximum Gasteiger partial charge on any atom is 0.216 e. The van der Waals surface area contributed by atoms with E-state index < -0.39 is 0 Å². The molecule has 0 saturated carbocycles. The fraction of sp³-hybridized carbons (Fsp3) is 0.389. The second-order valence-electron chi connectivity index (χ2n) is 5.85. The first-order valence-electron chi connectivity index (χ1n) is 8.30. The van der Waals surface area contributed by atoms with E-state index in [-0.39, 0.29) is 0 Å². The molecular weight excluding hydrogens is 332 g/mol. The van der Waals surface area contributed by atoms with Crippen molar-refractivity contribution in [2.24, 2.45) is 10.2 Å². The highest BCUT2D eigenvalue weighted by molar-refractivity contribution is 5.99. The maximum absolute atomic E-state index is 7.33. The molecule has 0 aliphatic heterocycles. The fourth-order valence-electron chi connectivity index (χ4n) is 2.36. The molecule has 0 atom stereocenters. The summed E-state index contributed by atoms with van der Waals surface area (Å²) >= 11 is 0. The third-order valence-corrected chi connectivity index (χ3v) is 3.52. The second-order valence-corrected chi connectivity index (χ2v) is 5.85. The smallest absolute Gasteiger partial charge is 0.216 e. The molecule has 1 heterocycles. The average molecular weight is 356 g/mol. The number of benzene rings is 1. The van der Waals surface area contributed by atoms with Gasteiger partial charge in [0.05, 0.1) is 7.11 Å². The van der Waals surface area contributed by atoms with E-state index in [1.807, 2.05) is 24.3 Å². The SMILES string of the molecule is COc1ccc(/C(N=N)=N/N(C)C)cc1/C=C/CCCc1nnc(C)o1. The van der Waals surface area contributed by atoms with Crippen LogP contribution in [0.2, 0.25) is 0 Å². The highest BCUT2D eigenvalue weighted by Gasteiger charge is 2.08. The van der Waals surface area contributed by atoms with Gasteiger partial charge in [-0.15, -0.1) is 15.3 Å². The number of nitrogens with one attached hydrogen (secondary N) is 1. The van der Waals surface area contributed by atoms with E-state index in [2.05, 4.69) is 26.5 Å². The lowest BCUT2D eigenvalue weighted by Crippen LogP contribution is -2.08. The third-order valence-electron chi connectivity index (χ3n) is 3.52. The Labute approximate surface area is 153 Å². The van der Waals surface area contributed by atoms with Gasteiger partial charge >= 0.3 is 0 Å². The molecule has 2 aromatic rings. The van der Waals surface area contributed by atoms with Gasteiger partial charge in [-0.05, 0) is 31.0 Å². The van der Waals surface area contributed by atoms with Crippen LogP contribution in [-0.2, 0) is 6.42 Å². The average Bonchev–Trinajstić information content (AvgIpc) is 3.04. The van der Waals surface area contributed by atoms with Crippen LogP contribution in [0, 0.1) is 12.5 Å². The van der Waals surface area contributed by atoms with Gasteiger partial charge in [-0.25, -0.2) is 5.53 Å². The van der Waals surface area contributed by atoms with Crippen LogP contribution in [0.25, 0.3) is 6.08 Å². The molecule has 0 aliphatic carbocycles. The first kappa shape index (κ1) is 19.3. The topological polar surface area (TPSA) is 100.0 Å². The van der Waals surface area contributed by atoms with Crippen molar-refractivity contribution in [3.8, 4) is 5.75 Å². The van der Waals surface area contributed by atoms with E-state index >= 15 is 0 Å². The van der Waals surface area contributed by atoms with Crippen molar-refractivity contribution >= 4 is 11.9 Å². The molecular formula is C18H24N6O2. The van der Waals surface area contributed by atoms with Gasteiger partial charge in [-0.3, -0.25) is 0 Å². The Kier molecular flexibility index (Phi) is 7.02. The molecule has 0 amide bonds. The summed E-state index contributed by atoms with van der Waals surface area (Å²) in [7, 11) is 5.22. The molecule has 0 spiro atoms. The van der Waals surface area contributed by atoms with Crippen LogP contribution in [0.3, 0.4) is 0 Å². The zero-order chi connectivity index (χ0) is 18.9. The van der Waals surface area contributed by atoms with Crippen molar-refractivity contribution in [2.45, 2.75) is 26.2 Å². The number of allylic oxidation sites excluding steroid dienone is 1. The summed E-state index contributed by atoms with van der Waals surface area (Å²) in [5.74, 6) is 2.36. The molecule has 0 unspecified atom stereocenters. The van der Waals surface area contributed by atoms with Gasteiger partial charge in [-0.1, -0.05) is 12.2 Å². The minimum Gasteiger partial charge on any atom is -0.496 e. The standard InChI is InChI=1S/C18H24N6O2/c1-13-21-22-17(26-13)9-7-5-6-8-14-12-15(10-11-16(14)25-4)18(20-19)23-24(2)3/h6,8,10-12,19H,5,7,9H2,1-4H3/b8-6+,20-19?,23-18-. The van der Waals surface area contributed by atoms with E-state index in [4.69, 9.17) is 14.7 Å². The number of amidine groups is 1. The number of methoxy groups -OCH3 is 1. The van der Waals surface area contributed by atoms with Crippen LogP contribution in [0.1, 0.15) is 35.7 Å². The summed E-state index contributed by atoms with van der Waals surface area (Å²) < 4.78 is 10.8. The molecule has 0 bridgehead atoms. The minimum atomic E-state index is 0.346. The predicted molar refractivity (Wildman–Crippen MR) is 99.4 cm³/mol. The van der Waals surface area contributed by atoms with Crippen LogP contribution in [-0.4, -0.2) is 42.2 Å². The van der Waals surface area contributed by atoms with Crippen molar-refractivity contribution < 1.29 is 9.15 Å². The summed E-state index contributed by atoms with van der Waals surface area (Å²) in [6, 6.07) is 5.61. The van der Waals surface area contributed by atoms with Gasteiger partial charge in [0.2, 0.25) is 11.8 Å². The molecule has 1 aromatic carbocycles. The Hall–Kier alpha value is -3.03. The van der Waals surface area contributed by atoms with Gasteiger partial charge < -0.3 is 14.2 Å². The Morgan fingerprint density at radius 3 is 2.77 bits per heavy atom. The van der Waals surface area contributed by atoms with Gasteiger partial charge in [-0.2, -0.15) is 5.10 Å². The van der Waals surface area contributed by atoms with Crippen molar-refractivity contribution in [3.05, 3.63) is 47.2 Å². The van der Waals surface area contributed by atoms with Crippen molar-refractivity contribution in [2.75, 3.05) is 21.2 Å². The molecule has 8 heteroatoms. The van der Waals surface area contributed by atoms with E-state index in [0.29, 0.717) is 17.6 Å². The first-order valence-corrected chi connectivity index (χ1v) is 8.30.